The molecule has 0 radical (unpaired) electrons. The normalized spacial score (nSPS) is 12.9. The van der Waals surface area contributed by atoms with Crippen LogP contribution < -0.4 is 0 Å². The first-order valence-corrected chi connectivity index (χ1v) is 4.42. The Balaban J connectivity index is 2.63. The lowest BCUT2D eigenvalue weighted by Gasteiger charge is -2.01. The monoisotopic (exact) mass is 184 g/mol. The maximum atomic E-state index is 8.90. The van der Waals surface area contributed by atoms with Crippen LogP contribution in [0.3, 0.4) is 0 Å². The van der Waals surface area contributed by atoms with Crippen molar-refractivity contribution < 1.29 is 0 Å². The van der Waals surface area contributed by atoms with Gasteiger partial charge in [-0.15, -0.1) is 0 Å². The Bertz CT molecular complexity index is 493. The highest BCUT2D eigenvalue weighted by Crippen LogP contribution is 2.31. The lowest BCUT2D eigenvalue weighted by atomic mass is 10.3. The van der Waals surface area contributed by atoms with E-state index >= 15 is 0 Å². The van der Waals surface area contributed by atoms with Gasteiger partial charge in [0.05, 0.1) is 0 Å². The van der Waals surface area contributed by atoms with E-state index < -0.39 is 0 Å². The fourth-order valence-electron chi connectivity index (χ4n) is 1.43. The molecule has 1 aromatic rings. The fourth-order valence-corrected chi connectivity index (χ4v) is 1.43. The minimum absolute atomic E-state index is 0.233. The Labute approximate surface area is 81.7 Å². The van der Waals surface area contributed by atoms with Crippen molar-refractivity contribution in [3.05, 3.63) is 23.3 Å². The Kier molecular flexibility index (Phi) is 1.83. The number of nitrogens with zero attached hydrogens (tertiary/aromatic N) is 4. The molecule has 2 rings (SSSR count). The molecule has 1 heterocycles. The zero-order chi connectivity index (χ0) is 10.1. The van der Waals surface area contributed by atoms with Gasteiger partial charge in [-0.2, -0.15) is 10.5 Å². The van der Waals surface area contributed by atoms with Gasteiger partial charge in [-0.05, 0) is 18.9 Å². The van der Waals surface area contributed by atoms with Gasteiger partial charge in [0.25, 0.3) is 0 Å². The molecule has 1 aliphatic rings. The summed E-state index contributed by atoms with van der Waals surface area (Å²) in [5.74, 6) is 0.778. The van der Waals surface area contributed by atoms with Crippen LogP contribution in [0.4, 0.5) is 0 Å². The molecule has 0 fully saturated rings. The molecule has 4 nitrogen and oxygen atoms in total. The van der Waals surface area contributed by atoms with Gasteiger partial charge in [-0.1, -0.05) is 6.08 Å². The molecule has 0 bridgehead atoms. The van der Waals surface area contributed by atoms with E-state index in [1.165, 1.54) is 0 Å². The van der Waals surface area contributed by atoms with Crippen molar-refractivity contribution in [3.8, 4) is 12.1 Å². The van der Waals surface area contributed by atoms with Crippen molar-refractivity contribution in [2.45, 2.75) is 19.9 Å². The zero-order valence-electron chi connectivity index (χ0n) is 7.78. The number of aromatic nitrogens is 2. The van der Waals surface area contributed by atoms with Gasteiger partial charge in [-0.25, -0.2) is 4.98 Å². The summed E-state index contributed by atoms with van der Waals surface area (Å²) in [5.41, 5.74) is 1.74. The van der Waals surface area contributed by atoms with E-state index in [-0.39, 0.29) is 5.69 Å². The number of imidazole rings is 1. The van der Waals surface area contributed by atoms with Crippen LogP contribution in [-0.2, 0) is 6.54 Å². The van der Waals surface area contributed by atoms with Crippen LogP contribution in [0.1, 0.15) is 30.6 Å². The van der Waals surface area contributed by atoms with Gasteiger partial charge in [0, 0.05) is 6.54 Å². The van der Waals surface area contributed by atoms with Crippen LogP contribution in [0.15, 0.2) is 6.08 Å². The first-order valence-electron chi connectivity index (χ1n) is 4.42. The van der Waals surface area contributed by atoms with Crippen molar-refractivity contribution in [1.82, 2.24) is 9.55 Å². The Morgan fingerprint density at radius 2 is 2.21 bits per heavy atom. The Morgan fingerprint density at radius 1 is 1.50 bits per heavy atom. The zero-order valence-corrected chi connectivity index (χ0v) is 7.78. The molecule has 1 aliphatic carbocycles. The largest absolute Gasteiger partial charge is 0.315 e. The van der Waals surface area contributed by atoms with Crippen LogP contribution in [-0.4, -0.2) is 9.55 Å². The summed E-state index contributed by atoms with van der Waals surface area (Å²) in [6.07, 6.45) is 2.96. The van der Waals surface area contributed by atoms with E-state index in [1.54, 1.807) is 4.57 Å². The second kappa shape index (κ2) is 3.01. The third-order valence-electron chi connectivity index (χ3n) is 2.19. The fraction of sp³-hybridized carbons (Fsp3) is 0.300. The van der Waals surface area contributed by atoms with Gasteiger partial charge in [-0.3, -0.25) is 0 Å². The van der Waals surface area contributed by atoms with Crippen molar-refractivity contribution in [1.29, 1.82) is 10.5 Å². The van der Waals surface area contributed by atoms with E-state index in [2.05, 4.69) is 4.98 Å². The third-order valence-corrected chi connectivity index (χ3v) is 2.19. The summed E-state index contributed by atoms with van der Waals surface area (Å²) in [4.78, 5) is 4.14. The van der Waals surface area contributed by atoms with E-state index in [9.17, 15) is 0 Å². The molecule has 0 N–H and O–H groups in total. The van der Waals surface area contributed by atoms with Gasteiger partial charge < -0.3 is 4.57 Å². The van der Waals surface area contributed by atoms with Crippen LogP contribution in [0.25, 0.3) is 5.57 Å². The predicted octanol–water partition coefficient (Wildman–Crippen LogP) is 1.43. The molecule has 0 atom stereocenters. The number of hydrogen-bond donors (Lipinski definition) is 0. The maximum Gasteiger partial charge on any atom is 0.177 e. The molecule has 0 saturated carbocycles. The second-order valence-corrected chi connectivity index (χ2v) is 3.03. The lowest BCUT2D eigenvalue weighted by Crippen LogP contribution is -2.01. The summed E-state index contributed by atoms with van der Waals surface area (Å²) in [7, 11) is 0. The molecule has 4 heteroatoms. The van der Waals surface area contributed by atoms with Gasteiger partial charge in [0.1, 0.15) is 18.0 Å². The highest BCUT2D eigenvalue weighted by molar-refractivity contribution is 5.74. The van der Waals surface area contributed by atoms with Crippen LogP contribution in [0.5, 0.6) is 0 Å². The van der Waals surface area contributed by atoms with E-state index in [0.29, 0.717) is 12.2 Å². The number of nitriles is 2. The van der Waals surface area contributed by atoms with Crippen LogP contribution in [0, 0.1) is 22.7 Å². The highest BCUT2D eigenvalue weighted by atomic mass is 15.1. The predicted molar refractivity (Wildman–Crippen MR) is 49.9 cm³/mol. The number of allylic oxidation sites excluding steroid dienone is 2. The molecular formula is C10H8N4. The summed E-state index contributed by atoms with van der Waals surface area (Å²) in [6, 6.07) is 3.96. The Morgan fingerprint density at radius 3 is 2.64 bits per heavy atom. The Hall–Kier alpha value is -2.07. The van der Waals surface area contributed by atoms with Crippen LogP contribution in [0.2, 0.25) is 0 Å². The van der Waals surface area contributed by atoms with E-state index in [0.717, 1.165) is 17.8 Å². The SMILES string of the molecule is CCn1c(C2=CC2)nc(C#N)c1C#N. The smallest absolute Gasteiger partial charge is 0.177 e. The summed E-state index contributed by atoms with van der Waals surface area (Å²) >= 11 is 0. The molecule has 0 saturated heterocycles. The highest BCUT2D eigenvalue weighted by Gasteiger charge is 2.22. The van der Waals surface area contributed by atoms with E-state index in [4.69, 9.17) is 10.5 Å². The second-order valence-electron chi connectivity index (χ2n) is 3.03. The van der Waals surface area contributed by atoms with E-state index in [1.807, 2.05) is 25.1 Å². The average Bonchev–Trinajstić information content (AvgIpc) is 2.98. The van der Waals surface area contributed by atoms with Crippen molar-refractivity contribution >= 4 is 5.57 Å². The molecule has 1 aromatic heterocycles. The number of rotatable bonds is 2. The van der Waals surface area contributed by atoms with Gasteiger partial charge in [0.15, 0.2) is 11.4 Å². The standard InChI is InChI=1S/C10H8N4/c1-2-14-9(6-12)8(5-11)13-10(14)7-3-4-7/h3H,2,4H2,1H3. The topological polar surface area (TPSA) is 65.4 Å². The summed E-state index contributed by atoms with van der Waals surface area (Å²) < 4.78 is 1.79. The first-order chi connectivity index (χ1) is 6.81. The molecular weight excluding hydrogens is 176 g/mol. The molecule has 0 spiro atoms. The quantitative estimate of drug-likeness (QED) is 0.698. The van der Waals surface area contributed by atoms with Crippen LogP contribution >= 0.6 is 0 Å². The molecule has 68 valence electrons. The van der Waals surface area contributed by atoms with Gasteiger partial charge in [0.2, 0.25) is 0 Å². The third kappa shape index (κ3) is 1.09. The minimum atomic E-state index is 0.233. The molecule has 0 amide bonds. The number of hydrogen-bond acceptors (Lipinski definition) is 3. The lowest BCUT2D eigenvalue weighted by molar-refractivity contribution is 0.740. The summed E-state index contributed by atoms with van der Waals surface area (Å²) in [5, 5.41) is 17.7. The summed E-state index contributed by atoms with van der Waals surface area (Å²) in [6.45, 7) is 2.61. The average molecular weight is 184 g/mol. The molecule has 0 aromatic carbocycles. The van der Waals surface area contributed by atoms with Gasteiger partial charge >= 0.3 is 0 Å². The maximum absolute atomic E-state index is 8.90. The molecule has 14 heavy (non-hydrogen) atoms. The molecule has 0 aliphatic heterocycles. The van der Waals surface area contributed by atoms with Crippen molar-refractivity contribution in [2.24, 2.45) is 0 Å². The first kappa shape index (κ1) is 8.52. The van der Waals surface area contributed by atoms with Crippen molar-refractivity contribution in [3.63, 3.8) is 0 Å². The minimum Gasteiger partial charge on any atom is -0.315 e. The van der Waals surface area contributed by atoms with Crippen molar-refractivity contribution in [2.75, 3.05) is 0 Å². The molecule has 0 unspecified atom stereocenters.